The quantitative estimate of drug-likeness (QED) is 0.453. The van der Waals surface area contributed by atoms with Crippen molar-refractivity contribution >= 4 is 22.8 Å². The van der Waals surface area contributed by atoms with Crippen molar-refractivity contribution in [2.45, 2.75) is 47.1 Å². The second kappa shape index (κ2) is 11.5. The molecule has 7 nitrogen and oxygen atoms in total. The number of nitrogens with one attached hydrogen (secondary N) is 1. The molecule has 0 saturated heterocycles. The maximum atomic E-state index is 12.7. The lowest BCUT2D eigenvalue weighted by molar-refractivity contribution is -0.131. The van der Waals surface area contributed by atoms with Gasteiger partial charge < -0.3 is 19.5 Å². The Labute approximate surface area is 195 Å². The van der Waals surface area contributed by atoms with Crippen LogP contribution in [0.25, 0.3) is 11.0 Å². The highest BCUT2D eigenvalue weighted by atomic mass is 16.5. The first-order valence-electron chi connectivity index (χ1n) is 11.6. The Morgan fingerprint density at radius 3 is 2.61 bits per heavy atom. The van der Waals surface area contributed by atoms with Crippen molar-refractivity contribution < 1.29 is 14.3 Å². The number of hydrogen-bond donors (Lipinski definition) is 1. The lowest BCUT2D eigenvalue weighted by Crippen LogP contribution is -2.34. The number of carbonyl (C=O) groups is 2. The Bertz CT molecular complexity index is 1100. The van der Waals surface area contributed by atoms with Crippen LogP contribution in [0, 0.1) is 13.8 Å². The molecule has 2 amide bonds. The van der Waals surface area contributed by atoms with E-state index >= 15 is 0 Å². The first kappa shape index (κ1) is 24.3. The van der Waals surface area contributed by atoms with Crippen molar-refractivity contribution in [1.82, 2.24) is 19.8 Å². The number of nitrogens with zero attached hydrogens (tertiary/aromatic N) is 3. The SMILES string of the molecule is CCN(CC)C(=O)Cn1c(CCCNC(=O)COc2cc(C)ccc2C)nc2ccccc21. The van der Waals surface area contributed by atoms with Crippen LogP contribution in [0.2, 0.25) is 0 Å². The molecule has 7 heteroatoms. The van der Waals surface area contributed by atoms with E-state index in [2.05, 4.69) is 5.32 Å². The van der Waals surface area contributed by atoms with Gasteiger partial charge in [-0.2, -0.15) is 0 Å². The molecular formula is C26H34N4O3. The highest BCUT2D eigenvalue weighted by Crippen LogP contribution is 2.19. The van der Waals surface area contributed by atoms with E-state index < -0.39 is 0 Å². The maximum Gasteiger partial charge on any atom is 0.257 e. The Morgan fingerprint density at radius 1 is 1.09 bits per heavy atom. The van der Waals surface area contributed by atoms with Gasteiger partial charge in [-0.05, 0) is 63.4 Å². The summed E-state index contributed by atoms with van der Waals surface area (Å²) in [7, 11) is 0. The standard InChI is InChI=1S/C26H34N4O3/c1-5-29(6-2)26(32)17-30-22-11-8-7-10-21(22)28-24(30)12-9-15-27-25(31)18-33-23-16-19(3)13-14-20(23)4/h7-8,10-11,13-14,16H,5-6,9,12,15,17-18H2,1-4H3,(H,27,31). The van der Waals surface area contributed by atoms with Gasteiger partial charge >= 0.3 is 0 Å². The van der Waals surface area contributed by atoms with Crippen LogP contribution in [-0.4, -0.2) is 52.5 Å². The van der Waals surface area contributed by atoms with E-state index in [1.165, 1.54) is 0 Å². The normalized spacial score (nSPS) is 10.9. The van der Waals surface area contributed by atoms with Gasteiger partial charge in [0.2, 0.25) is 5.91 Å². The largest absolute Gasteiger partial charge is 0.483 e. The first-order valence-corrected chi connectivity index (χ1v) is 11.6. The summed E-state index contributed by atoms with van der Waals surface area (Å²) in [5.41, 5.74) is 3.94. The molecule has 1 heterocycles. The zero-order chi connectivity index (χ0) is 23.8. The van der Waals surface area contributed by atoms with Gasteiger partial charge in [0.1, 0.15) is 18.1 Å². The number of aryl methyl sites for hydroxylation is 3. The van der Waals surface area contributed by atoms with Crippen LogP contribution in [0.15, 0.2) is 42.5 Å². The van der Waals surface area contributed by atoms with Crippen LogP contribution < -0.4 is 10.1 Å². The Balaban J connectivity index is 1.56. The van der Waals surface area contributed by atoms with Crippen LogP contribution in [0.3, 0.4) is 0 Å². The Morgan fingerprint density at radius 2 is 1.85 bits per heavy atom. The van der Waals surface area contributed by atoms with Crippen molar-refractivity contribution in [3.8, 4) is 5.75 Å². The molecule has 0 spiro atoms. The average Bonchev–Trinajstić information content (AvgIpc) is 3.15. The van der Waals surface area contributed by atoms with Crippen LogP contribution in [-0.2, 0) is 22.6 Å². The van der Waals surface area contributed by atoms with Crippen molar-refractivity contribution in [2.75, 3.05) is 26.2 Å². The Hall–Kier alpha value is -3.35. The number of fused-ring (bicyclic) bond motifs is 1. The average molecular weight is 451 g/mol. The van der Waals surface area contributed by atoms with Gasteiger partial charge in [-0.1, -0.05) is 24.3 Å². The highest BCUT2D eigenvalue weighted by molar-refractivity contribution is 5.81. The number of carbonyl (C=O) groups excluding carboxylic acids is 2. The molecule has 0 aliphatic carbocycles. The van der Waals surface area contributed by atoms with E-state index in [-0.39, 0.29) is 25.0 Å². The topological polar surface area (TPSA) is 76.5 Å². The second-order valence-electron chi connectivity index (χ2n) is 8.18. The zero-order valence-corrected chi connectivity index (χ0v) is 20.1. The fourth-order valence-corrected chi connectivity index (χ4v) is 3.84. The van der Waals surface area contributed by atoms with E-state index in [1.807, 2.05) is 79.6 Å². The van der Waals surface area contributed by atoms with E-state index in [0.717, 1.165) is 40.2 Å². The molecule has 0 atom stereocenters. The third-order valence-electron chi connectivity index (χ3n) is 5.74. The summed E-state index contributed by atoms with van der Waals surface area (Å²) >= 11 is 0. The van der Waals surface area contributed by atoms with Gasteiger partial charge in [0.05, 0.1) is 11.0 Å². The van der Waals surface area contributed by atoms with Gasteiger partial charge in [0, 0.05) is 26.1 Å². The van der Waals surface area contributed by atoms with Crippen molar-refractivity contribution in [2.24, 2.45) is 0 Å². The van der Waals surface area contributed by atoms with Crippen molar-refractivity contribution in [3.63, 3.8) is 0 Å². The minimum absolute atomic E-state index is 0.0127. The summed E-state index contributed by atoms with van der Waals surface area (Å²) in [5.74, 6) is 1.52. The number of ether oxygens (including phenoxy) is 1. The molecule has 0 aliphatic rings. The summed E-state index contributed by atoms with van der Waals surface area (Å²) in [5, 5.41) is 2.91. The van der Waals surface area contributed by atoms with Gasteiger partial charge in [0.15, 0.2) is 6.61 Å². The number of para-hydroxylation sites is 2. The molecule has 33 heavy (non-hydrogen) atoms. The predicted octanol–water partition coefficient (Wildman–Crippen LogP) is 3.65. The van der Waals surface area contributed by atoms with E-state index in [9.17, 15) is 9.59 Å². The molecule has 0 bridgehead atoms. The lowest BCUT2D eigenvalue weighted by Gasteiger charge is -2.20. The minimum atomic E-state index is -0.152. The third-order valence-corrected chi connectivity index (χ3v) is 5.74. The van der Waals surface area contributed by atoms with Crippen LogP contribution in [0.5, 0.6) is 5.75 Å². The minimum Gasteiger partial charge on any atom is -0.483 e. The van der Waals surface area contributed by atoms with Crippen LogP contribution in [0.1, 0.15) is 37.2 Å². The predicted molar refractivity (Wildman–Crippen MR) is 130 cm³/mol. The zero-order valence-electron chi connectivity index (χ0n) is 20.1. The summed E-state index contributed by atoms with van der Waals surface area (Å²) in [6.45, 7) is 10.1. The van der Waals surface area contributed by atoms with E-state index in [0.29, 0.717) is 26.1 Å². The van der Waals surface area contributed by atoms with Crippen molar-refractivity contribution in [1.29, 1.82) is 0 Å². The van der Waals surface area contributed by atoms with E-state index in [4.69, 9.17) is 9.72 Å². The molecule has 1 aromatic heterocycles. The first-order chi connectivity index (χ1) is 15.9. The molecule has 176 valence electrons. The summed E-state index contributed by atoms with van der Waals surface area (Å²) in [6.07, 6.45) is 1.39. The number of hydrogen-bond acceptors (Lipinski definition) is 4. The lowest BCUT2D eigenvalue weighted by atomic mass is 10.1. The number of benzene rings is 2. The molecule has 0 aliphatic heterocycles. The molecule has 2 aromatic carbocycles. The Kier molecular flexibility index (Phi) is 8.46. The fraction of sp³-hybridized carbons (Fsp3) is 0.423. The molecule has 0 radical (unpaired) electrons. The molecule has 3 rings (SSSR count). The number of amides is 2. The van der Waals surface area contributed by atoms with Crippen LogP contribution >= 0.6 is 0 Å². The van der Waals surface area contributed by atoms with Gasteiger partial charge in [-0.25, -0.2) is 4.98 Å². The number of imidazole rings is 1. The smallest absolute Gasteiger partial charge is 0.257 e. The van der Waals surface area contributed by atoms with E-state index in [1.54, 1.807) is 0 Å². The highest BCUT2D eigenvalue weighted by Gasteiger charge is 2.16. The van der Waals surface area contributed by atoms with Gasteiger partial charge in [0.25, 0.3) is 5.91 Å². The third kappa shape index (κ3) is 6.34. The number of likely N-dealkylation sites (N-methyl/N-ethyl adjacent to an activating group) is 1. The molecule has 0 unspecified atom stereocenters. The monoisotopic (exact) mass is 450 g/mol. The molecular weight excluding hydrogens is 416 g/mol. The van der Waals surface area contributed by atoms with Crippen molar-refractivity contribution in [3.05, 3.63) is 59.4 Å². The summed E-state index contributed by atoms with van der Waals surface area (Å²) < 4.78 is 7.67. The summed E-state index contributed by atoms with van der Waals surface area (Å²) in [6, 6.07) is 13.8. The van der Waals surface area contributed by atoms with Gasteiger partial charge in [-0.3, -0.25) is 9.59 Å². The maximum absolute atomic E-state index is 12.7. The molecule has 3 aromatic rings. The van der Waals surface area contributed by atoms with Crippen LogP contribution in [0.4, 0.5) is 0 Å². The molecule has 1 N–H and O–H groups in total. The fourth-order valence-electron chi connectivity index (χ4n) is 3.84. The number of aromatic nitrogens is 2. The number of rotatable bonds is 11. The second-order valence-corrected chi connectivity index (χ2v) is 8.18. The van der Waals surface area contributed by atoms with Gasteiger partial charge in [-0.15, -0.1) is 0 Å². The molecule has 0 fully saturated rings. The summed E-state index contributed by atoms with van der Waals surface area (Å²) in [4.78, 5) is 31.5. The molecule has 0 saturated carbocycles.